The van der Waals surface area contributed by atoms with Gasteiger partial charge in [-0.3, -0.25) is 14.6 Å². The van der Waals surface area contributed by atoms with E-state index < -0.39 is 12.1 Å². The summed E-state index contributed by atoms with van der Waals surface area (Å²) in [5, 5.41) is 2.90. The van der Waals surface area contributed by atoms with E-state index in [1.54, 1.807) is 24.4 Å². The van der Waals surface area contributed by atoms with Crippen LogP contribution in [0.5, 0.6) is 0 Å². The third-order valence-electron chi connectivity index (χ3n) is 4.90. The van der Waals surface area contributed by atoms with Crippen LogP contribution in [0.15, 0.2) is 24.4 Å². The van der Waals surface area contributed by atoms with Crippen LogP contribution >= 0.6 is 0 Å². The molecule has 1 rings (SSSR count). The van der Waals surface area contributed by atoms with Crippen LogP contribution in [0.4, 0.5) is 0 Å². The van der Waals surface area contributed by atoms with Crippen LogP contribution < -0.4 is 16.8 Å². The lowest BCUT2D eigenvalue weighted by Gasteiger charge is -2.26. The number of nitrogens with zero attached hydrogens (tertiary/aromatic N) is 1. The molecule has 0 spiro atoms. The van der Waals surface area contributed by atoms with Crippen molar-refractivity contribution in [2.24, 2.45) is 23.3 Å². The molecular formula is C21H36N4O2. The second-order valence-corrected chi connectivity index (χ2v) is 7.85. The first-order valence-corrected chi connectivity index (χ1v) is 10.0. The van der Waals surface area contributed by atoms with Crippen molar-refractivity contribution >= 4 is 11.7 Å². The first-order chi connectivity index (χ1) is 12.8. The molecule has 6 heteroatoms. The Morgan fingerprint density at radius 2 is 1.89 bits per heavy atom. The number of pyridine rings is 1. The molecule has 6 nitrogen and oxygen atoms in total. The number of nitrogens with one attached hydrogen (secondary N) is 1. The summed E-state index contributed by atoms with van der Waals surface area (Å²) < 4.78 is 0. The van der Waals surface area contributed by atoms with E-state index in [9.17, 15) is 9.59 Å². The lowest BCUT2D eigenvalue weighted by Crippen LogP contribution is -2.48. The van der Waals surface area contributed by atoms with E-state index in [4.69, 9.17) is 11.5 Å². The first-order valence-electron chi connectivity index (χ1n) is 10.0. The van der Waals surface area contributed by atoms with Gasteiger partial charge in [0, 0.05) is 18.7 Å². The fraction of sp³-hybridized carbons (Fsp3) is 0.667. The minimum absolute atomic E-state index is 0.000546. The number of rotatable bonds is 12. The van der Waals surface area contributed by atoms with Gasteiger partial charge in [0.2, 0.25) is 5.91 Å². The predicted molar refractivity (Wildman–Crippen MR) is 109 cm³/mol. The topological polar surface area (TPSA) is 111 Å². The molecule has 0 aliphatic carbocycles. The highest BCUT2D eigenvalue weighted by Crippen LogP contribution is 2.17. The van der Waals surface area contributed by atoms with Gasteiger partial charge >= 0.3 is 0 Å². The van der Waals surface area contributed by atoms with Crippen molar-refractivity contribution in [3.05, 3.63) is 30.1 Å². The van der Waals surface area contributed by atoms with Crippen molar-refractivity contribution in [3.8, 4) is 0 Å². The predicted octanol–water partition coefficient (Wildman–Crippen LogP) is 2.73. The van der Waals surface area contributed by atoms with Gasteiger partial charge in [-0.2, -0.15) is 0 Å². The summed E-state index contributed by atoms with van der Waals surface area (Å²) in [6.45, 7) is 8.22. The molecule has 4 atom stereocenters. The maximum absolute atomic E-state index is 12.9. The second-order valence-electron chi connectivity index (χ2n) is 7.85. The molecule has 1 amide bonds. The first kappa shape index (κ1) is 23.2. The smallest absolute Gasteiger partial charge is 0.220 e. The molecule has 27 heavy (non-hydrogen) atoms. The molecule has 1 aromatic heterocycles. The molecule has 0 aliphatic heterocycles. The number of ketones is 1. The summed E-state index contributed by atoms with van der Waals surface area (Å²) in [5.41, 5.74) is 12.7. The molecule has 1 aromatic rings. The van der Waals surface area contributed by atoms with Gasteiger partial charge in [0.15, 0.2) is 5.78 Å². The van der Waals surface area contributed by atoms with Gasteiger partial charge in [-0.25, -0.2) is 0 Å². The quantitative estimate of drug-likeness (QED) is 0.519. The Balaban J connectivity index is 2.63. The highest BCUT2D eigenvalue weighted by molar-refractivity contribution is 5.93. The maximum atomic E-state index is 12.9. The summed E-state index contributed by atoms with van der Waals surface area (Å²) >= 11 is 0. The van der Waals surface area contributed by atoms with E-state index in [2.05, 4.69) is 24.1 Å². The van der Waals surface area contributed by atoms with Crippen LogP contribution in [0, 0.1) is 11.8 Å². The normalized spacial score (nSPS) is 15.8. The number of amides is 1. The zero-order valence-electron chi connectivity index (χ0n) is 17.2. The zero-order chi connectivity index (χ0) is 20.4. The van der Waals surface area contributed by atoms with Crippen LogP contribution in [0.3, 0.4) is 0 Å². The number of nitrogens with two attached hydrogens (primary N) is 2. The second kappa shape index (κ2) is 11.8. The molecular weight excluding hydrogens is 340 g/mol. The summed E-state index contributed by atoms with van der Waals surface area (Å²) in [4.78, 5) is 29.4. The molecule has 0 saturated carbocycles. The molecule has 0 saturated heterocycles. The maximum Gasteiger partial charge on any atom is 0.220 e. The Labute approximate surface area is 163 Å². The van der Waals surface area contributed by atoms with E-state index in [1.807, 2.05) is 13.8 Å². The van der Waals surface area contributed by atoms with E-state index in [0.29, 0.717) is 24.5 Å². The summed E-state index contributed by atoms with van der Waals surface area (Å²) in [6.07, 6.45) is 5.22. The molecule has 3 unspecified atom stereocenters. The highest BCUT2D eigenvalue weighted by Gasteiger charge is 2.31. The largest absolute Gasteiger partial charge is 0.346 e. The minimum Gasteiger partial charge on any atom is -0.346 e. The van der Waals surface area contributed by atoms with Gasteiger partial charge in [0.25, 0.3) is 0 Å². The lowest BCUT2D eigenvalue weighted by molar-refractivity contribution is -0.129. The lowest BCUT2D eigenvalue weighted by atomic mass is 9.90. The van der Waals surface area contributed by atoms with Crippen molar-refractivity contribution in [1.29, 1.82) is 0 Å². The van der Waals surface area contributed by atoms with Crippen molar-refractivity contribution < 1.29 is 9.59 Å². The van der Waals surface area contributed by atoms with Crippen molar-refractivity contribution in [1.82, 2.24) is 10.3 Å². The third-order valence-corrected chi connectivity index (χ3v) is 4.90. The van der Waals surface area contributed by atoms with Gasteiger partial charge in [0.05, 0.1) is 11.7 Å². The molecule has 0 radical (unpaired) electrons. The molecule has 0 bridgehead atoms. The van der Waals surface area contributed by atoms with Crippen LogP contribution in [0.25, 0.3) is 0 Å². The van der Waals surface area contributed by atoms with Crippen molar-refractivity contribution in [2.45, 2.75) is 77.9 Å². The molecule has 5 N–H and O–H groups in total. The van der Waals surface area contributed by atoms with Gasteiger partial charge in [0.1, 0.15) is 6.04 Å². The van der Waals surface area contributed by atoms with E-state index >= 15 is 0 Å². The monoisotopic (exact) mass is 376 g/mol. The van der Waals surface area contributed by atoms with Crippen LogP contribution in [0.2, 0.25) is 0 Å². The molecule has 0 aromatic carbocycles. The summed E-state index contributed by atoms with van der Waals surface area (Å²) in [5.74, 6) is 0.222. The Morgan fingerprint density at radius 1 is 1.19 bits per heavy atom. The number of carbonyl (C=O) groups is 2. The SMILES string of the molecule is CCC(C)[C@H](NC(=O)CCCC(N)CC(C)C)C(=O)C(N)c1ccccn1. The molecule has 0 fully saturated rings. The van der Waals surface area contributed by atoms with E-state index in [1.165, 1.54) is 0 Å². The fourth-order valence-electron chi connectivity index (χ4n) is 3.12. The van der Waals surface area contributed by atoms with Gasteiger partial charge in [-0.05, 0) is 43.2 Å². The van der Waals surface area contributed by atoms with E-state index in [-0.39, 0.29) is 23.7 Å². The Kier molecular flexibility index (Phi) is 10.2. The highest BCUT2D eigenvalue weighted by atomic mass is 16.2. The standard InChI is InChI=1S/C21H36N4O2/c1-5-15(4)20(21(27)19(23)17-10-6-7-12-24-17)25-18(26)11-8-9-16(22)13-14(2)3/h6-7,10,12,14-16,19-20H,5,8-9,11,13,22-23H2,1-4H3,(H,25,26)/t15?,16?,19?,20-/m0/s1. The number of hydrogen-bond donors (Lipinski definition) is 3. The number of carbonyl (C=O) groups excluding carboxylic acids is 2. The molecule has 1 heterocycles. The van der Waals surface area contributed by atoms with Crippen molar-refractivity contribution in [2.75, 3.05) is 0 Å². The van der Waals surface area contributed by atoms with E-state index in [0.717, 1.165) is 19.3 Å². The fourth-order valence-corrected chi connectivity index (χ4v) is 3.12. The third kappa shape index (κ3) is 8.18. The Morgan fingerprint density at radius 3 is 2.44 bits per heavy atom. The van der Waals surface area contributed by atoms with Gasteiger partial charge in [-0.1, -0.05) is 40.2 Å². The number of Topliss-reactive ketones (excluding diaryl/α,β-unsaturated/α-hetero) is 1. The van der Waals surface area contributed by atoms with Crippen LogP contribution in [0.1, 0.15) is 71.5 Å². The number of aromatic nitrogens is 1. The Bertz CT molecular complexity index is 577. The molecule has 0 aliphatic rings. The average molecular weight is 377 g/mol. The average Bonchev–Trinajstić information content (AvgIpc) is 2.64. The summed E-state index contributed by atoms with van der Waals surface area (Å²) in [6, 6.07) is 3.97. The van der Waals surface area contributed by atoms with Crippen LogP contribution in [-0.2, 0) is 9.59 Å². The van der Waals surface area contributed by atoms with Gasteiger partial charge in [-0.15, -0.1) is 0 Å². The Hall–Kier alpha value is -1.79. The minimum atomic E-state index is -0.843. The molecule has 152 valence electrons. The van der Waals surface area contributed by atoms with Gasteiger partial charge < -0.3 is 16.8 Å². The zero-order valence-corrected chi connectivity index (χ0v) is 17.2. The number of hydrogen-bond acceptors (Lipinski definition) is 5. The summed E-state index contributed by atoms with van der Waals surface area (Å²) in [7, 11) is 0. The van der Waals surface area contributed by atoms with Crippen molar-refractivity contribution in [3.63, 3.8) is 0 Å². The van der Waals surface area contributed by atoms with Crippen LogP contribution in [-0.4, -0.2) is 28.8 Å².